The van der Waals surface area contributed by atoms with E-state index in [0.29, 0.717) is 17.6 Å². The monoisotopic (exact) mass is 1760 g/mol. The molecule has 6 heterocycles. The second kappa shape index (κ2) is 40.8. The van der Waals surface area contributed by atoms with E-state index in [1.54, 1.807) is 53.7 Å². The summed E-state index contributed by atoms with van der Waals surface area (Å²) in [5.41, 5.74) is -16.6. The van der Waals surface area contributed by atoms with Gasteiger partial charge in [-0.25, -0.2) is 9.59 Å². The first-order chi connectivity index (χ1) is 53.3. The van der Waals surface area contributed by atoms with Gasteiger partial charge in [0, 0.05) is 25.7 Å². The number of rotatable bonds is 40. The van der Waals surface area contributed by atoms with Crippen molar-refractivity contribution in [3.05, 3.63) is 48.6 Å². The maximum atomic E-state index is 14.6. The van der Waals surface area contributed by atoms with Gasteiger partial charge in [-0.2, -0.15) is 0 Å². The highest BCUT2D eigenvalue weighted by Gasteiger charge is 2.64. The number of hydrogen-bond donors (Lipinski definition) is 0. The number of carbonyl (C=O) groups is 16. The Bertz CT molecular complexity index is 3760. The molecule has 18 atom stereocenters. The van der Waals surface area contributed by atoms with Crippen molar-refractivity contribution < 1.29 is 144 Å². The molecule has 4 bridgehead atoms. The molecule has 32 nitrogen and oxygen atoms in total. The van der Waals surface area contributed by atoms with Crippen LogP contribution in [0.5, 0.6) is 0 Å². The molecule has 33 heteroatoms. The Labute approximate surface area is 698 Å². The highest BCUT2D eigenvalue weighted by molar-refractivity contribution is 14.0. The van der Waals surface area contributed by atoms with Gasteiger partial charge < -0.3 is 66.3 Å². The van der Waals surface area contributed by atoms with Gasteiger partial charge in [-0.15, -0.1) is 24.0 Å². The molecule has 6 aliphatic heterocycles. The molecule has 0 spiro atoms. The first-order valence-electron chi connectivity index (χ1n) is 38.2. The van der Waals surface area contributed by atoms with Crippen molar-refractivity contribution in [1.29, 1.82) is 0 Å². The van der Waals surface area contributed by atoms with E-state index in [-0.39, 0.29) is 144 Å². The molecule has 18 unspecified atom stereocenters. The van der Waals surface area contributed by atoms with Gasteiger partial charge in [0.25, 0.3) is 0 Å². The molecule has 6 aliphatic rings. The van der Waals surface area contributed by atoms with Crippen molar-refractivity contribution in [3.8, 4) is 0 Å². The molecule has 4 fully saturated rings. The van der Waals surface area contributed by atoms with Crippen LogP contribution >= 0.6 is 24.0 Å². The smallest absolute Gasteiger partial charge is 0.333 e. The Balaban J connectivity index is 0.00000128. The zero-order valence-corrected chi connectivity index (χ0v) is 74.2. The molecule has 0 aromatic carbocycles. The Hall–Kier alpha value is -8.47. The van der Waals surface area contributed by atoms with Gasteiger partial charge in [0.05, 0.1) is 187 Å². The number of imide groups is 2. The van der Waals surface area contributed by atoms with Crippen LogP contribution in [-0.4, -0.2) is 227 Å². The lowest BCUT2D eigenvalue weighted by molar-refractivity contribution is -0.174. The Morgan fingerprint density at radius 2 is 0.517 bits per heavy atom. The number of carbonyl (C=O) groups excluding carboxylic acids is 16. The van der Waals surface area contributed by atoms with E-state index >= 15 is 0 Å². The SMILES string of the molecule is C=C(C)C(=O)OC.C=C(C)C(=O)OCCCN1C(=O)C2C3C=CC(O3)C2C1=O.CCC(C)(CC(C)(CC(C)(CC(C)(CC(C)(CC(C)(CC(C)(CC(C)(CC(C)(CC(C)(CC)C(=O)OCCCN1C(=O)C2C3C=CC(O3)C2C1=O)C(=O)OC)C(=O)OC)C(=O)OC)C(=O)OC)C(=O)OC)C(=O)OC)C(=O)OC)C(=O)OC)C(=O)OC.I.[HH]. The van der Waals surface area contributed by atoms with Gasteiger partial charge in [0.2, 0.25) is 23.6 Å². The molecular formula is C83H125IN2O30. The zero-order chi connectivity index (χ0) is 87.9. The fraction of sp³-hybridized carbons (Fsp3) is 0.711. The molecule has 0 aromatic heterocycles. The van der Waals surface area contributed by atoms with Crippen LogP contribution < -0.4 is 0 Å². The number of ether oxygens (including phenoxy) is 14. The number of methoxy groups -OCH3 is 10. The van der Waals surface area contributed by atoms with Crippen LogP contribution in [0.4, 0.5) is 0 Å². The molecule has 4 saturated heterocycles. The number of likely N-dealkylation sites (tertiary alicyclic amines) is 2. The van der Waals surface area contributed by atoms with E-state index in [1.807, 2.05) is 12.2 Å². The first-order valence-corrected chi connectivity index (χ1v) is 38.2. The van der Waals surface area contributed by atoms with Crippen LogP contribution in [0.2, 0.25) is 0 Å². The fourth-order valence-electron chi connectivity index (χ4n) is 18.7. The van der Waals surface area contributed by atoms with Crippen LogP contribution in [0.15, 0.2) is 48.6 Å². The summed E-state index contributed by atoms with van der Waals surface area (Å²) in [7, 11) is 11.4. The molecule has 4 amide bonds. The topological polar surface area (TPSA) is 409 Å². The van der Waals surface area contributed by atoms with Crippen LogP contribution in [0.25, 0.3) is 0 Å². The van der Waals surface area contributed by atoms with Crippen molar-refractivity contribution in [2.75, 3.05) is 97.4 Å². The van der Waals surface area contributed by atoms with Gasteiger partial charge in [-0.05, 0) is 167 Å². The maximum Gasteiger partial charge on any atom is 0.333 e. The molecule has 0 radical (unpaired) electrons. The van der Waals surface area contributed by atoms with Crippen molar-refractivity contribution in [2.45, 2.75) is 205 Å². The van der Waals surface area contributed by atoms with E-state index in [9.17, 15) is 76.7 Å². The Morgan fingerprint density at radius 3 is 0.698 bits per heavy atom. The third-order valence-electron chi connectivity index (χ3n) is 23.6. The summed E-state index contributed by atoms with van der Waals surface area (Å²) in [6.07, 6.45) is 2.84. The van der Waals surface area contributed by atoms with Crippen molar-refractivity contribution in [2.24, 2.45) is 77.8 Å². The largest absolute Gasteiger partial charge is 0.469 e. The van der Waals surface area contributed by atoms with Crippen LogP contribution in [0.1, 0.15) is 182 Å². The summed E-state index contributed by atoms with van der Waals surface area (Å²) in [6, 6.07) is 0. The van der Waals surface area contributed by atoms with Crippen LogP contribution in [0.3, 0.4) is 0 Å². The summed E-state index contributed by atoms with van der Waals surface area (Å²) >= 11 is 0. The van der Waals surface area contributed by atoms with E-state index in [2.05, 4.69) is 17.9 Å². The lowest BCUT2D eigenvalue weighted by Gasteiger charge is -2.47. The maximum absolute atomic E-state index is 14.6. The first kappa shape index (κ1) is 102. The number of esters is 12. The molecule has 0 aromatic rings. The Morgan fingerprint density at radius 1 is 0.328 bits per heavy atom. The molecule has 6 rings (SSSR count). The predicted octanol–water partition coefficient (Wildman–Crippen LogP) is 8.84. The number of amides is 4. The van der Waals surface area contributed by atoms with Gasteiger partial charge >= 0.3 is 71.6 Å². The zero-order valence-electron chi connectivity index (χ0n) is 71.9. The average molecular weight is 1760 g/mol. The number of nitrogens with zero attached hydrogens (tertiary/aromatic N) is 2. The molecule has 654 valence electrons. The molecular weight excluding hydrogens is 1630 g/mol. The molecule has 0 N–H and O–H groups in total. The predicted molar refractivity (Wildman–Crippen MR) is 425 cm³/mol. The van der Waals surface area contributed by atoms with Crippen LogP contribution in [0, 0.1) is 77.8 Å². The van der Waals surface area contributed by atoms with Gasteiger partial charge in [-0.3, -0.25) is 76.9 Å². The number of fused-ring (bicyclic) bond motifs is 10. The van der Waals surface area contributed by atoms with E-state index in [1.165, 1.54) is 79.4 Å². The molecule has 116 heavy (non-hydrogen) atoms. The Kier molecular flexibility index (Phi) is 35.8. The molecule has 0 aliphatic carbocycles. The van der Waals surface area contributed by atoms with Crippen LogP contribution in [-0.2, 0) is 143 Å². The quantitative estimate of drug-likeness (QED) is 0.0105. The van der Waals surface area contributed by atoms with E-state index < -0.39 is 182 Å². The normalized spacial score (nSPS) is 24.2. The summed E-state index contributed by atoms with van der Waals surface area (Å²) in [6.45, 7) is 28.5. The fourth-order valence-corrected chi connectivity index (χ4v) is 18.7. The highest BCUT2D eigenvalue weighted by atomic mass is 127. The second-order valence-corrected chi connectivity index (χ2v) is 34.0. The second-order valence-electron chi connectivity index (χ2n) is 34.0. The van der Waals surface area contributed by atoms with Crippen molar-refractivity contribution in [1.82, 2.24) is 9.80 Å². The van der Waals surface area contributed by atoms with Gasteiger partial charge in [0.15, 0.2) is 0 Å². The number of hydrogen-bond acceptors (Lipinski definition) is 30. The molecule has 0 saturated carbocycles. The van der Waals surface area contributed by atoms with Gasteiger partial charge in [-0.1, -0.05) is 51.3 Å². The number of halogens is 1. The minimum atomic E-state index is -1.95. The van der Waals surface area contributed by atoms with E-state index in [4.69, 9.17) is 61.6 Å². The third kappa shape index (κ3) is 22.3. The highest BCUT2D eigenvalue weighted by Crippen LogP contribution is 2.58. The third-order valence-corrected chi connectivity index (χ3v) is 23.6. The summed E-state index contributed by atoms with van der Waals surface area (Å²) in [5.74, 6) is -12.3. The lowest BCUT2D eigenvalue weighted by atomic mass is 9.56. The average Bonchev–Trinajstić information content (AvgIpc) is 1.60. The minimum Gasteiger partial charge on any atom is -0.469 e. The minimum absolute atomic E-state index is 0. The summed E-state index contributed by atoms with van der Waals surface area (Å²) < 4.78 is 74.4. The lowest BCUT2D eigenvalue weighted by Crippen LogP contribution is -2.51. The standard InChI is InChI=1S/C63H97NO23.C15H17NO5.C5H8O2.HI.H2/c1-22-54(3,44(67)77-13)29-56(5,45(68)78-14)31-58(7,47(70)80-16)33-60(9,49(72)82-18)35-62(11,51(74)84-20)37-63(12,52(75)85-21)36-61(10,50(73)83-19)34-59(8,48(71)81-17)32-57(6,46(69)79-15)30-55(4,23-2)53(76)86-28-24-27-64-42(65)40-38-25-26-39(87-38)41(40)43(64)66;1-8(2)15(19)20-7-3-6-16-13(17)11-9-4-5-10(21-9)12(11)14(16)18;1-4(2)5(6)7-3;;/h25-26,38-41H,22-24,27-37H2,1-21H3;4-5,9-12H,1,3,6-7H2,2H3;1H2,2-3H3;2*1H. The summed E-state index contributed by atoms with van der Waals surface area (Å²) in [5, 5.41) is 0. The van der Waals surface area contributed by atoms with Crippen molar-refractivity contribution in [3.63, 3.8) is 0 Å². The summed E-state index contributed by atoms with van der Waals surface area (Å²) in [4.78, 5) is 217. The van der Waals surface area contributed by atoms with Gasteiger partial charge in [0.1, 0.15) is 0 Å². The van der Waals surface area contributed by atoms with Crippen molar-refractivity contribution >= 4 is 119 Å². The van der Waals surface area contributed by atoms with E-state index in [0.717, 1.165) is 56.9 Å².